The summed E-state index contributed by atoms with van der Waals surface area (Å²) in [5.74, 6) is 5.83. The maximum absolute atomic E-state index is 5.27. The summed E-state index contributed by atoms with van der Waals surface area (Å²) in [6, 6.07) is 8.12. The minimum Gasteiger partial charge on any atom is -0.324 e. The fourth-order valence-electron chi connectivity index (χ4n) is 0.988. The Balaban J connectivity index is 0.00000121. The molecule has 0 saturated heterocycles. The van der Waals surface area contributed by atoms with Gasteiger partial charge in [0.05, 0.1) is 0 Å². The topological polar surface area (TPSA) is 38.0 Å². The Labute approximate surface area is 79.5 Å². The second kappa shape index (κ2) is 5.01. The molecule has 0 saturated carbocycles. The van der Waals surface area contributed by atoms with Crippen molar-refractivity contribution in [2.24, 2.45) is 5.84 Å². The monoisotopic (exact) mass is 186 g/mol. The van der Waals surface area contributed by atoms with E-state index in [0.717, 1.165) is 5.69 Å². The zero-order valence-electron chi connectivity index (χ0n) is 7.37. The molecule has 0 aliphatic rings. The summed E-state index contributed by atoms with van der Waals surface area (Å²) >= 11 is 0. The van der Waals surface area contributed by atoms with Crippen molar-refractivity contribution in [3.63, 3.8) is 0 Å². The van der Waals surface area contributed by atoms with Gasteiger partial charge >= 0.3 is 0 Å². The Morgan fingerprint density at radius 1 is 1.33 bits per heavy atom. The highest BCUT2D eigenvalue weighted by atomic mass is 35.5. The second-order valence-electron chi connectivity index (χ2n) is 2.92. The first-order valence-electron chi connectivity index (χ1n) is 3.80. The molecule has 0 unspecified atom stereocenters. The molecule has 0 fully saturated rings. The van der Waals surface area contributed by atoms with Crippen LogP contribution in [0.5, 0.6) is 0 Å². The van der Waals surface area contributed by atoms with Gasteiger partial charge in [-0.1, -0.05) is 26.0 Å². The molecule has 0 aromatic heterocycles. The number of nitrogens with one attached hydrogen (secondary N) is 1. The molecule has 68 valence electrons. The van der Waals surface area contributed by atoms with Crippen molar-refractivity contribution in [3.8, 4) is 0 Å². The molecule has 1 aromatic rings. The summed E-state index contributed by atoms with van der Waals surface area (Å²) in [6.45, 7) is 4.32. The molecule has 0 spiro atoms. The van der Waals surface area contributed by atoms with Gasteiger partial charge in [0.15, 0.2) is 0 Å². The summed E-state index contributed by atoms with van der Waals surface area (Å²) in [5, 5.41) is 0. The lowest BCUT2D eigenvalue weighted by Crippen LogP contribution is -2.06. The van der Waals surface area contributed by atoms with E-state index < -0.39 is 0 Å². The van der Waals surface area contributed by atoms with Crippen LogP contribution in [0.1, 0.15) is 25.3 Å². The first-order chi connectivity index (χ1) is 5.24. The lowest BCUT2D eigenvalue weighted by molar-refractivity contribution is 0.867. The van der Waals surface area contributed by atoms with Crippen LogP contribution in [0.15, 0.2) is 24.3 Å². The van der Waals surface area contributed by atoms with Crippen molar-refractivity contribution in [2.45, 2.75) is 19.8 Å². The number of hydrogen-bond acceptors (Lipinski definition) is 2. The molecular formula is C9H15ClN2. The molecule has 1 aromatic carbocycles. The van der Waals surface area contributed by atoms with E-state index >= 15 is 0 Å². The molecule has 0 radical (unpaired) electrons. The summed E-state index contributed by atoms with van der Waals surface area (Å²) in [7, 11) is 0. The third kappa shape index (κ3) is 2.72. The number of rotatable bonds is 2. The maximum Gasteiger partial charge on any atom is 0.0487 e. The van der Waals surface area contributed by atoms with Crippen LogP contribution < -0.4 is 11.3 Å². The predicted molar refractivity (Wildman–Crippen MR) is 55.6 cm³/mol. The normalized spacial score (nSPS) is 9.33. The molecule has 0 aliphatic carbocycles. The summed E-state index contributed by atoms with van der Waals surface area (Å²) in [5.41, 5.74) is 4.90. The third-order valence-electron chi connectivity index (χ3n) is 1.72. The minimum absolute atomic E-state index is 0. The zero-order valence-corrected chi connectivity index (χ0v) is 8.19. The van der Waals surface area contributed by atoms with Gasteiger partial charge in [-0.15, -0.1) is 12.4 Å². The van der Waals surface area contributed by atoms with Crippen LogP contribution in [0.4, 0.5) is 5.69 Å². The van der Waals surface area contributed by atoms with Crippen LogP contribution in [0.2, 0.25) is 0 Å². The Morgan fingerprint density at radius 3 is 2.50 bits per heavy atom. The lowest BCUT2D eigenvalue weighted by Gasteiger charge is -2.06. The Bertz CT molecular complexity index is 236. The first-order valence-corrected chi connectivity index (χ1v) is 3.80. The van der Waals surface area contributed by atoms with E-state index in [2.05, 4.69) is 31.4 Å². The van der Waals surface area contributed by atoms with Gasteiger partial charge in [0, 0.05) is 5.69 Å². The van der Waals surface area contributed by atoms with Crippen LogP contribution in [-0.4, -0.2) is 0 Å². The first kappa shape index (κ1) is 11.3. The van der Waals surface area contributed by atoms with Gasteiger partial charge in [0.25, 0.3) is 0 Å². The molecule has 3 heteroatoms. The molecule has 2 nitrogen and oxygen atoms in total. The number of hydrazine groups is 1. The van der Waals surface area contributed by atoms with Crippen molar-refractivity contribution in [1.29, 1.82) is 0 Å². The molecule has 0 bridgehead atoms. The van der Waals surface area contributed by atoms with Gasteiger partial charge in [-0.2, -0.15) is 0 Å². The highest BCUT2D eigenvalue weighted by Crippen LogP contribution is 2.17. The number of nitrogen functional groups attached to an aromatic ring is 1. The minimum atomic E-state index is 0. The number of hydrogen-bond donors (Lipinski definition) is 2. The van der Waals surface area contributed by atoms with Gasteiger partial charge < -0.3 is 5.43 Å². The third-order valence-corrected chi connectivity index (χ3v) is 1.72. The van der Waals surface area contributed by atoms with Crippen LogP contribution in [0, 0.1) is 0 Å². The van der Waals surface area contributed by atoms with Gasteiger partial charge in [-0.3, -0.25) is 5.84 Å². The summed E-state index contributed by atoms with van der Waals surface area (Å²) in [4.78, 5) is 0. The smallest absolute Gasteiger partial charge is 0.0487 e. The van der Waals surface area contributed by atoms with Gasteiger partial charge in [-0.25, -0.2) is 0 Å². The molecule has 1 rings (SSSR count). The van der Waals surface area contributed by atoms with E-state index in [0.29, 0.717) is 5.92 Å². The Morgan fingerprint density at radius 2 is 2.00 bits per heavy atom. The SMILES string of the molecule is CC(C)c1cccc(NN)c1.Cl. The lowest BCUT2D eigenvalue weighted by atomic mass is 10.0. The highest BCUT2D eigenvalue weighted by molar-refractivity contribution is 5.85. The quantitative estimate of drug-likeness (QED) is 0.550. The average molecular weight is 187 g/mol. The van der Waals surface area contributed by atoms with Crippen molar-refractivity contribution >= 4 is 18.1 Å². The van der Waals surface area contributed by atoms with Crippen molar-refractivity contribution in [3.05, 3.63) is 29.8 Å². The second-order valence-corrected chi connectivity index (χ2v) is 2.92. The van der Waals surface area contributed by atoms with Crippen LogP contribution in [0.3, 0.4) is 0 Å². The van der Waals surface area contributed by atoms with Crippen molar-refractivity contribution < 1.29 is 0 Å². The van der Waals surface area contributed by atoms with E-state index in [1.165, 1.54) is 5.56 Å². The Kier molecular flexibility index (Phi) is 4.71. The molecule has 0 atom stereocenters. The van der Waals surface area contributed by atoms with Gasteiger partial charge in [0.1, 0.15) is 0 Å². The largest absolute Gasteiger partial charge is 0.324 e. The van der Waals surface area contributed by atoms with Gasteiger partial charge in [0.2, 0.25) is 0 Å². The molecule has 0 heterocycles. The van der Waals surface area contributed by atoms with Crippen molar-refractivity contribution in [1.82, 2.24) is 0 Å². The summed E-state index contributed by atoms with van der Waals surface area (Å²) in [6.07, 6.45) is 0. The highest BCUT2D eigenvalue weighted by Gasteiger charge is 1.97. The molecule has 0 aliphatic heterocycles. The van der Waals surface area contributed by atoms with E-state index in [1.54, 1.807) is 0 Å². The fourth-order valence-corrected chi connectivity index (χ4v) is 0.988. The van der Waals surface area contributed by atoms with E-state index in [1.807, 2.05) is 12.1 Å². The zero-order chi connectivity index (χ0) is 8.27. The van der Waals surface area contributed by atoms with Crippen molar-refractivity contribution in [2.75, 3.05) is 5.43 Å². The van der Waals surface area contributed by atoms with E-state index in [-0.39, 0.29) is 12.4 Å². The predicted octanol–water partition coefficient (Wildman–Crippen LogP) is 2.52. The Hall–Kier alpha value is -0.730. The number of nitrogens with two attached hydrogens (primary N) is 1. The fraction of sp³-hybridized carbons (Fsp3) is 0.333. The maximum atomic E-state index is 5.27. The number of anilines is 1. The van der Waals surface area contributed by atoms with E-state index in [9.17, 15) is 0 Å². The van der Waals surface area contributed by atoms with Crippen LogP contribution >= 0.6 is 12.4 Å². The summed E-state index contributed by atoms with van der Waals surface area (Å²) < 4.78 is 0. The molecule has 3 N–H and O–H groups in total. The van der Waals surface area contributed by atoms with Crippen LogP contribution in [-0.2, 0) is 0 Å². The number of benzene rings is 1. The average Bonchev–Trinajstić information content (AvgIpc) is 2.05. The molecular weight excluding hydrogens is 172 g/mol. The van der Waals surface area contributed by atoms with E-state index in [4.69, 9.17) is 5.84 Å². The standard InChI is InChI=1S/C9H14N2.ClH/c1-7(2)8-4-3-5-9(6-8)11-10;/h3-7,11H,10H2,1-2H3;1H. The van der Waals surface area contributed by atoms with Gasteiger partial charge in [-0.05, 0) is 23.6 Å². The van der Waals surface area contributed by atoms with Crippen LogP contribution in [0.25, 0.3) is 0 Å². The molecule has 0 amide bonds. The number of halogens is 1. The molecule has 12 heavy (non-hydrogen) atoms.